The number of nitrogens with zero attached hydrogens (tertiary/aromatic N) is 3. The number of nitrogens with one attached hydrogen (secondary N) is 1. The molecule has 0 aliphatic carbocycles. The second-order valence-electron chi connectivity index (χ2n) is 7.66. The van der Waals surface area contributed by atoms with E-state index >= 15 is 0 Å². The summed E-state index contributed by atoms with van der Waals surface area (Å²) >= 11 is 1.45. The van der Waals surface area contributed by atoms with Gasteiger partial charge in [-0.2, -0.15) is 0 Å². The number of aromatic nitrogens is 3. The van der Waals surface area contributed by atoms with Crippen molar-refractivity contribution in [3.8, 4) is 0 Å². The molecule has 1 aromatic carbocycles. The van der Waals surface area contributed by atoms with Crippen LogP contribution in [0.2, 0.25) is 0 Å². The van der Waals surface area contributed by atoms with Crippen LogP contribution in [0.3, 0.4) is 0 Å². The van der Waals surface area contributed by atoms with Gasteiger partial charge in [-0.15, -0.1) is 11.3 Å². The van der Waals surface area contributed by atoms with Crippen molar-refractivity contribution in [3.63, 3.8) is 0 Å². The SMILES string of the molecule is C=C(/C=C\C=C/Cc1nc(CC)c(NC(=O)OCc2ccc3c(c2)nc2n3CCOC2)s1)OC. The third-order valence-electron chi connectivity index (χ3n) is 5.33. The van der Waals surface area contributed by atoms with Crippen molar-refractivity contribution in [2.24, 2.45) is 0 Å². The maximum atomic E-state index is 12.4. The van der Waals surface area contributed by atoms with Crippen LogP contribution in [-0.2, 0) is 46.8 Å². The molecule has 0 saturated carbocycles. The number of hydrogen-bond donors (Lipinski definition) is 1. The van der Waals surface area contributed by atoms with Crippen LogP contribution in [0.25, 0.3) is 11.0 Å². The molecular formula is C25H28N4O4S. The lowest BCUT2D eigenvalue weighted by atomic mass is 10.2. The molecule has 0 spiro atoms. The molecule has 1 amide bonds. The third-order valence-corrected chi connectivity index (χ3v) is 6.36. The quantitative estimate of drug-likeness (QED) is 0.337. The van der Waals surface area contributed by atoms with Crippen LogP contribution in [0.15, 0.2) is 54.8 Å². The number of carbonyl (C=O) groups excluding carboxylic acids is 1. The van der Waals surface area contributed by atoms with Crippen LogP contribution in [-0.4, -0.2) is 34.3 Å². The van der Waals surface area contributed by atoms with Gasteiger partial charge in [-0.05, 0) is 30.2 Å². The zero-order valence-electron chi connectivity index (χ0n) is 19.4. The Labute approximate surface area is 202 Å². The zero-order valence-corrected chi connectivity index (χ0v) is 20.2. The van der Waals surface area contributed by atoms with Gasteiger partial charge in [-0.25, -0.2) is 14.8 Å². The lowest BCUT2D eigenvalue weighted by Crippen LogP contribution is -2.16. The molecule has 2 aromatic heterocycles. The predicted molar refractivity (Wildman–Crippen MR) is 133 cm³/mol. The van der Waals surface area contributed by atoms with Crippen LogP contribution in [0.5, 0.6) is 0 Å². The lowest BCUT2D eigenvalue weighted by molar-refractivity contribution is 0.0830. The van der Waals surface area contributed by atoms with E-state index in [2.05, 4.69) is 26.4 Å². The van der Waals surface area contributed by atoms with E-state index in [0.717, 1.165) is 51.1 Å². The van der Waals surface area contributed by atoms with E-state index in [0.29, 0.717) is 25.4 Å². The summed E-state index contributed by atoms with van der Waals surface area (Å²) in [5.74, 6) is 1.52. The monoisotopic (exact) mass is 480 g/mol. The Hall–Kier alpha value is -3.43. The summed E-state index contributed by atoms with van der Waals surface area (Å²) in [4.78, 5) is 21.7. The number of amides is 1. The number of rotatable bonds is 9. The second kappa shape index (κ2) is 11.1. The van der Waals surface area contributed by atoms with Gasteiger partial charge in [0, 0.05) is 13.0 Å². The summed E-state index contributed by atoms with van der Waals surface area (Å²) in [6.07, 6.45) is 8.44. The number of ether oxygens (including phenoxy) is 3. The molecule has 4 rings (SSSR count). The number of carbonyl (C=O) groups is 1. The molecule has 0 radical (unpaired) electrons. The average Bonchev–Trinajstić information content (AvgIpc) is 3.42. The van der Waals surface area contributed by atoms with Gasteiger partial charge in [0.25, 0.3) is 0 Å². The van der Waals surface area contributed by atoms with Crippen molar-refractivity contribution in [2.75, 3.05) is 19.0 Å². The fourth-order valence-electron chi connectivity index (χ4n) is 3.58. The van der Waals surface area contributed by atoms with E-state index in [9.17, 15) is 4.79 Å². The smallest absolute Gasteiger partial charge is 0.412 e. The van der Waals surface area contributed by atoms with Crippen LogP contribution >= 0.6 is 11.3 Å². The van der Waals surface area contributed by atoms with Crippen molar-refractivity contribution < 1.29 is 19.0 Å². The molecule has 3 heterocycles. The number of aryl methyl sites for hydroxylation is 1. The number of imidazole rings is 1. The lowest BCUT2D eigenvalue weighted by Gasteiger charge is -2.14. The average molecular weight is 481 g/mol. The minimum absolute atomic E-state index is 0.162. The van der Waals surface area contributed by atoms with Crippen LogP contribution in [0.4, 0.5) is 9.80 Å². The standard InChI is InChI=1S/C25H28N4O4S/c1-4-19-24(34-23(27-19)9-7-5-6-8-17(2)31-3)28-25(30)33-15-18-10-11-21-20(14-18)26-22-16-32-13-12-29(21)22/h5-8,10-11,14H,2,4,9,12-13,15-16H2,1,3H3,(H,28,30)/b7-5-,8-6-. The van der Waals surface area contributed by atoms with Gasteiger partial charge in [0.1, 0.15) is 29.8 Å². The number of methoxy groups -OCH3 is 1. The Bertz CT molecular complexity index is 1240. The summed E-state index contributed by atoms with van der Waals surface area (Å²) in [5.41, 5.74) is 3.69. The molecule has 1 aliphatic rings. The number of allylic oxidation sites excluding steroid dienone is 4. The van der Waals surface area contributed by atoms with E-state index in [1.165, 1.54) is 11.3 Å². The fourth-order valence-corrected chi connectivity index (χ4v) is 4.59. The topological polar surface area (TPSA) is 87.5 Å². The molecule has 1 N–H and O–H groups in total. The molecule has 0 bridgehead atoms. The number of thiazole rings is 1. The molecule has 3 aromatic rings. The maximum absolute atomic E-state index is 12.4. The first kappa shape index (κ1) is 23.7. The largest absolute Gasteiger partial charge is 0.497 e. The van der Waals surface area contributed by atoms with Gasteiger partial charge in [-0.1, -0.05) is 37.8 Å². The molecule has 178 valence electrons. The van der Waals surface area contributed by atoms with E-state index in [1.807, 2.05) is 43.4 Å². The molecule has 9 heteroatoms. The van der Waals surface area contributed by atoms with Crippen molar-refractivity contribution in [1.82, 2.24) is 14.5 Å². The van der Waals surface area contributed by atoms with Gasteiger partial charge < -0.3 is 18.8 Å². The predicted octanol–water partition coefficient (Wildman–Crippen LogP) is 5.15. The first-order valence-electron chi connectivity index (χ1n) is 11.1. The summed E-state index contributed by atoms with van der Waals surface area (Å²) in [5, 5.41) is 4.48. The van der Waals surface area contributed by atoms with Crippen molar-refractivity contribution >= 4 is 33.5 Å². The molecular weight excluding hydrogens is 452 g/mol. The number of hydrogen-bond acceptors (Lipinski definition) is 7. The Kier molecular flexibility index (Phi) is 7.76. The Morgan fingerprint density at radius 3 is 3.06 bits per heavy atom. The Morgan fingerprint density at radius 2 is 2.24 bits per heavy atom. The third kappa shape index (κ3) is 5.73. The molecule has 8 nitrogen and oxygen atoms in total. The summed E-state index contributed by atoms with van der Waals surface area (Å²) in [6, 6.07) is 5.94. The first-order valence-corrected chi connectivity index (χ1v) is 11.9. The van der Waals surface area contributed by atoms with E-state index < -0.39 is 6.09 Å². The molecule has 0 unspecified atom stereocenters. The highest BCUT2D eigenvalue weighted by Crippen LogP contribution is 2.26. The number of benzene rings is 1. The second-order valence-corrected chi connectivity index (χ2v) is 8.74. The number of anilines is 1. The normalized spacial score (nSPS) is 13.5. The minimum Gasteiger partial charge on any atom is -0.497 e. The van der Waals surface area contributed by atoms with E-state index in [4.69, 9.17) is 14.2 Å². The van der Waals surface area contributed by atoms with Crippen molar-refractivity contribution in [1.29, 1.82) is 0 Å². The van der Waals surface area contributed by atoms with Gasteiger partial charge in [0.15, 0.2) is 0 Å². The molecule has 34 heavy (non-hydrogen) atoms. The maximum Gasteiger partial charge on any atom is 0.412 e. The highest BCUT2D eigenvalue weighted by molar-refractivity contribution is 7.16. The van der Waals surface area contributed by atoms with Gasteiger partial charge >= 0.3 is 6.09 Å². The van der Waals surface area contributed by atoms with Crippen molar-refractivity contribution in [2.45, 2.75) is 39.5 Å². The van der Waals surface area contributed by atoms with Crippen LogP contribution < -0.4 is 5.32 Å². The highest BCUT2D eigenvalue weighted by Gasteiger charge is 2.16. The van der Waals surface area contributed by atoms with Crippen molar-refractivity contribution in [3.05, 3.63) is 76.9 Å². The fraction of sp³-hybridized carbons (Fsp3) is 0.320. The highest BCUT2D eigenvalue weighted by atomic mass is 32.1. The molecule has 1 aliphatic heterocycles. The number of fused-ring (bicyclic) bond motifs is 3. The van der Waals surface area contributed by atoms with Gasteiger partial charge in [-0.3, -0.25) is 5.32 Å². The minimum atomic E-state index is -0.501. The van der Waals surface area contributed by atoms with Crippen LogP contribution in [0, 0.1) is 0 Å². The molecule has 0 fully saturated rings. The molecule has 0 saturated heterocycles. The summed E-state index contributed by atoms with van der Waals surface area (Å²) in [7, 11) is 1.58. The van der Waals surface area contributed by atoms with Gasteiger partial charge in [0.2, 0.25) is 0 Å². The van der Waals surface area contributed by atoms with E-state index in [1.54, 1.807) is 13.2 Å². The Morgan fingerprint density at radius 1 is 1.35 bits per heavy atom. The molecule has 0 atom stereocenters. The zero-order chi connectivity index (χ0) is 23.9. The van der Waals surface area contributed by atoms with Crippen LogP contribution in [0.1, 0.15) is 29.0 Å². The summed E-state index contributed by atoms with van der Waals surface area (Å²) < 4.78 is 18.1. The van der Waals surface area contributed by atoms with Gasteiger partial charge in [0.05, 0.1) is 35.5 Å². The van der Waals surface area contributed by atoms with E-state index in [-0.39, 0.29) is 6.61 Å². The first-order chi connectivity index (χ1) is 16.6. The summed E-state index contributed by atoms with van der Waals surface area (Å²) in [6.45, 7) is 7.92. The Balaban J connectivity index is 1.33.